The second-order valence-corrected chi connectivity index (χ2v) is 5.93. The van der Waals surface area contributed by atoms with Crippen LogP contribution in [-0.4, -0.2) is 18.0 Å². The van der Waals surface area contributed by atoms with Gasteiger partial charge in [-0.25, -0.2) is 9.37 Å². The fourth-order valence-electron chi connectivity index (χ4n) is 2.24. The highest BCUT2D eigenvalue weighted by atomic mass is 32.1. The summed E-state index contributed by atoms with van der Waals surface area (Å²) in [5.74, 6) is 0.160. The van der Waals surface area contributed by atoms with Crippen LogP contribution in [0.25, 0.3) is 0 Å². The molecule has 3 aromatic rings. The van der Waals surface area contributed by atoms with Gasteiger partial charge in [0.25, 0.3) is 5.91 Å². The molecule has 3 rings (SSSR count). The first-order valence-corrected chi connectivity index (χ1v) is 8.15. The zero-order chi connectivity index (χ0) is 16.9. The normalized spacial score (nSPS) is 10.4. The molecular weight excluding hydrogens is 327 g/mol. The van der Waals surface area contributed by atoms with Crippen molar-refractivity contribution >= 4 is 22.4 Å². The maximum absolute atomic E-state index is 13.1. The summed E-state index contributed by atoms with van der Waals surface area (Å²) < 4.78 is 18.2. The monoisotopic (exact) mass is 342 g/mol. The highest BCUT2D eigenvalue weighted by Crippen LogP contribution is 2.23. The second-order valence-electron chi connectivity index (χ2n) is 5.06. The van der Waals surface area contributed by atoms with Gasteiger partial charge in [-0.15, -0.1) is 11.3 Å². The van der Waals surface area contributed by atoms with Crippen molar-refractivity contribution in [3.8, 4) is 5.75 Å². The first kappa shape index (κ1) is 16.1. The van der Waals surface area contributed by atoms with Crippen LogP contribution in [0, 0.1) is 5.82 Å². The van der Waals surface area contributed by atoms with Gasteiger partial charge in [-0.1, -0.05) is 12.1 Å². The van der Waals surface area contributed by atoms with Gasteiger partial charge < -0.3 is 4.74 Å². The summed E-state index contributed by atoms with van der Waals surface area (Å²) in [6.45, 7) is 0.369. The Kier molecular flexibility index (Phi) is 4.86. The van der Waals surface area contributed by atoms with Crippen LogP contribution >= 0.6 is 11.3 Å². The molecule has 0 atom stereocenters. The van der Waals surface area contributed by atoms with E-state index >= 15 is 0 Å². The lowest BCUT2D eigenvalue weighted by Crippen LogP contribution is -2.30. The molecule has 4 nitrogen and oxygen atoms in total. The number of hydrogen-bond donors (Lipinski definition) is 0. The molecule has 0 spiro atoms. The number of thiazole rings is 1. The Bertz CT molecular complexity index is 802. The van der Waals surface area contributed by atoms with E-state index in [-0.39, 0.29) is 11.7 Å². The van der Waals surface area contributed by atoms with Gasteiger partial charge in [0.2, 0.25) is 0 Å². The number of rotatable bonds is 5. The van der Waals surface area contributed by atoms with Gasteiger partial charge in [-0.3, -0.25) is 9.69 Å². The van der Waals surface area contributed by atoms with Crippen molar-refractivity contribution < 1.29 is 13.9 Å². The molecule has 0 aliphatic heterocycles. The molecule has 0 unspecified atom stereocenters. The number of carbonyl (C=O) groups is 1. The van der Waals surface area contributed by atoms with E-state index in [1.807, 2.05) is 29.6 Å². The maximum Gasteiger partial charge on any atom is 0.260 e. The van der Waals surface area contributed by atoms with Crippen LogP contribution in [0.5, 0.6) is 5.75 Å². The summed E-state index contributed by atoms with van der Waals surface area (Å²) in [5, 5.41) is 2.41. The first-order chi connectivity index (χ1) is 11.7. The van der Waals surface area contributed by atoms with E-state index in [0.29, 0.717) is 17.2 Å². The minimum atomic E-state index is -0.373. The number of benzene rings is 2. The number of halogens is 1. The Balaban J connectivity index is 1.88. The SMILES string of the molecule is COc1ccc(CN(C(=O)c2ccc(F)cc2)c2nccs2)cc1. The number of aromatic nitrogens is 1. The van der Waals surface area contributed by atoms with E-state index in [0.717, 1.165) is 11.3 Å². The third-order valence-electron chi connectivity index (χ3n) is 3.49. The third kappa shape index (κ3) is 3.60. The minimum absolute atomic E-state index is 0.222. The highest BCUT2D eigenvalue weighted by molar-refractivity contribution is 7.13. The minimum Gasteiger partial charge on any atom is -0.497 e. The van der Waals surface area contributed by atoms with Crippen molar-refractivity contribution in [1.82, 2.24) is 4.98 Å². The molecule has 0 radical (unpaired) electrons. The highest BCUT2D eigenvalue weighted by Gasteiger charge is 2.20. The lowest BCUT2D eigenvalue weighted by Gasteiger charge is -2.20. The van der Waals surface area contributed by atoms with Crippen molar-refractivity contribution in [1.29, 1.82) is 0 Å². The van der Waals surface area contributed by atoms with E-state index in [4.69, 9.17) is 4.74 Å². The Labute approximate surface area is 143 Å². The summed E-state index contributed by atoms with van der Waals surface area (Å²) in [7, 11) is 1.61. The molecule has 0 aliphatic carbocycles. The predicted molar refractivity (Wildman–Crippen MR) is 92.0 cm³/mol. The average molecular weight is 342 g/mol. The van der Waals surface area contributed by atoms with Gasteiger partial charge >= 0.3 is 0 Å². The summed E-state index contributed by atoms with van der Waals surface area (Å²) in [6, 6.07) is 13.0. The van der Waals surface area contributed by atoms with Gasteiger partial charge in [0.1, 0.15) is 11.6 Å². The molecule has 24 heavy (non-hydrogen) atoms. The summed E-state index contributed by atoms with van der Waals surface area (Å²) in [4.78, 5) is 18.6. The van der Waals surface area contributed by atoms with Crippen LogP contribution in [0.1, 0.15) is 15.9 Å². The Morgan fingerprint density at radius 2 is 1.88 bits per heavy atom. The number of nitrogens with zero attached hydrogens (tertiary/aromatic N) is 2. The largest absolute Gasteiger partial charge is 0.497 e. The van der Waals surface area contributed by atoms with E-state index in [2.05, 4.69) is 4.98 Å². The first-order valence-electron chi connectivity index (χ1n) is 7.27. The van der Waals surface area contributed by atoms with Crippen molar-refractivity contribution in [2.45, 2.75) is 6.54 Å². The molecule has 0 saturated heterocycles. The van der Waals surface area contributed by atoms with E-state index < -0.39 is 0 Å². The molecule has 1 heterocycles. The van der Waals surface area contributed by atoms with E-state index in [1.54, 1.807) is 18.2 Å². The molecule has 122 valence electrons. The number of hydrogen-bond acceptors (Lipinski definition) is 4. The van der Waals surface area contributed by atoms with Crippen LogP contribution < -0.4 is 9.64 Å². The molecule has 0 fully saturated rings. The van der Waals surface area contributed by atoms with Crippen molar-refractivity contribution in [3.63, 3.8) is 0 Å². The number of ether oxygens (including phenoxy) is 1. The zero-order valence-electron chi connectivity index (χ0n) is 13.0. The summed E-state index contributed by atoms with van der Waals surface area (Å²) >= 11 is 1.38. The van der Waals surface area contributed by atoms with Crippen molar-refractivity contribution in [2.24, 2.45) is 0 Å². The summed E-state index contributed by atoms with van der Waals surface area (Å²) in [5.41, 5.74) is 1.36. The van der Waals surface area contributed by atoms with E-state index in [1.165, 1.54) is 35.6 Å². The van der Waals surface area contributed by atoms with Gasteiger partial charge in [0, 0.05) is 17.1 Å². The van der Waals surface area contributed by atoms with Crippen molar-refractivity contribution in [2.75, 3.05) is 12.0 Å². The molecule has 0 N–H and O–H groups in total. The standard InChI is InChI=1S/C18H15FN2O2S/c1-23-16-8-2-13(3-9-16)12-21(18-20-10-11-24-18)17(22)14-4-6-15(19)7-5-14/h2-11H,12H2,1H3. The lowest BCUT2D eigenvalue weighted by atomic mass is 10.1. The number of methoxy groups -OCH3 is 1. The van der Waals surface area contributed by atoms with Gasteiger partial charge in [0.05, 0.1) is 13.7 Å². The zero-order valence-corrected chi connectivity index (χ0v) is 13.8. The van der Waals surface area contributed by atoms with Crippen LogP contribution in [0.2, 0.25) is 0 Å². The smallest absolute Gasteiger partial charge is 0.260 e. The molecule has 1 aromatic heterocycles. The average Bonchev–Trinajstić information content (AvgIpc) is 3.14. The topological polar surface area (TPSA) is 42.4 Å². The fourth-order valence-corrected chi connectivity index (χ4v) is 2.88. The Hall–Kier alpha value is -2.73. The van der Waals surface area contributed by atoms with Crippen LogP contribution in [0.3, 0.4) is 0 Å². The van der Waals surface area contributed by atoms with Crippen LogP contribution in [-0.2, 0) is 6.54 Å². The number of carbonyl (C=O) groups excluding carboxylic acids is 1. The quantitative estimate of drug-likeness (QED) is 0.700. The van der Waals surface area contributed by atoms with Crippen LogP contribution in [0.15, 0.2) is 60.1 Å². The summed E-state index contributed by atoms with van der Waals surface area (Å²) in [6.07, 6.45) is 1.65. The molecule has 0 aliphatic rings. The predicted octanol–water partition coefficient (Wildman–Crippen LogP) is 4.14. The molecule has 6 heteroatoms. The Morgan fingerprint density at radius 3 is 2.46 bits per heavy atom. The molecule has 1 amide bonds. The molecule has 0 saturated carbocycles. The van der Waals surface area contributed by atoms with Gasteiger partial charge in [0.15, 0.2) is 5.13 Å². The maximum atomic E-state index is 13.1. The lowest BCUT2D eigenvalue weighted by molar-refractivity contribution is 0.0985. The molecule has 2 aromatic carbocycles. The fraction of sp³-hybridized carbons (Fsp3) is 0.111. The second kappa shape index (κ2) is 7.23. The van der Waals surface area contributed by atoms with Crippen LogP contribution in [0.4, 0.5) is 9.52 Å². The molecule has 0 bridgehead atoms. The van der Waals surface area contributed by atoms with E-state index in [9.17, 15) is 9.18 Å². The van der Waals surface area contributed by atoms with Gasteiger partial charge in [-0.2, -0.15) is 0 Å². The number of amides is 1. The molecular formula is C18H15FN2O2S. The van der Waals surface area contributed by atoms with Crippen molar-refractivity contribution in [3.05, 3.63) is 77.1 Å². The van der Waals surface area contributed by atoms with Gasteiger partial charge in [-0.05, 0) is 42.0 Å². The number of anilines is 1. The Morgan fingerprint density at radius 1 is 1.17 bits per heavy atom. The third-order valence-corrected chi connectivity index (χ3v) is 4.28.